The second-order valence-electron chi connectivity index (χ2n) is 4.21. The topological polar surface area (TPSA) is 85.2 Å². The van der Waals surface area contributed by atoms with E-state index in [0.29, 0.717) is 5.82 Å². The van der Waals surface area contributed by atoms with Gasteiger partial charge in [-0.2, -0.15) is 0 Å². The summed E-state index contributed by atoms with van der Waals surface area (Å²) < 4.78 is 0. The Balaban J connectivity index is 1.94. The molecule has 0 aromatic carbocycles. The van der Waals surface area contributed by atoms with Gasteiger partial charge < -0.3 is 11.5 Å². The van der Waals surface area contributed by atoms with Crippen LogP contribution in [0.5, 0.6) is 0 Å². The van der Waals surface area contributed by atoms with E-state index in [4.69, 9.17) is 11.5 Å². The third-order valence-electron chi connectivity index (χ3n) is 2.93. The molecule has 5 nitrogen and oxygen atoms in total. The van der Waals surface area contributed by atoms with Crippen LogP contribution in [0.4, 0.5) is 5.82 Å². The first-order valence-corrected chi connectivity index (χ1v) is 5.37. The van der Waals surface area contributed by atoms with Crippen molar-refractivity contribution < 1.29 is 4.79 Å². The number of likely N-dealkylation sites (tertiary alicyclic amines) is 1. The van der Waals surface area contributed by atoms with E-state index in [0.717, 1.165) is 31.6 Å². The number of carbonyl (C=O) groups excluding carboxylic acids is 1. The zero-order valence-electron chi connectivity index (χ0n) is 9.10. The molecule has 0 radical (unpaired) electrons. The number of pyridine rings is 1. The molecule has 1 aromatic heterocycles. The second kappa shape index (κ2) is 4.49. The quantitative estimate of drug-likeness (QED) is 0.749. The maximum Gasteiger partial charge on any atom is 0.221 e. The molecule has 86 valence electrons. The minimum Gasteiger partial charge on any atom is -0.384 e. The zero-order valence-corrected chi connectivity index (χ0v) is 9.10. The van der Waals surface area contributed by atoms with Gasteiger partial charge in [0.05, 0.1) is 5.92 Å². The summed E-state index contributed by atoms with van der Waals surface area (Å²) in [5, 5.41) is 0. The zero-order chi connectivity index (χ0) is 11.5. The lowest BCUT2D eigenvalue weighted by molar-refractivity contribution is -0.121. The maximum absolute atomic E-state index is 11.0. The van der Waals surface area contributed by atoms with Crippen molar-refractivity contribution >= 4 is 11.7 Å². The molecule has 16 heavy (non-hydrogen) atoms. The normalized spacial score (nSPS) is 21.1. The highest BCUT2D eigenvalue weighted by atomic mass is 16.1. The monoisotopic (exact) mass is 220 g/mol. The summed E-state index contributed by atoms with van der Waals surface area (Å²) in [5.41, 5.74) is 12.0. The molecule has 2 heterocycles. The molecule has 1 amide bonds. The molecule has 1 aromatic rings. The lowest BCUT2D eigenvalue weighted by Gasteiger charge is -2.15. The van der Waals surface area contributed by atoms with E-state index in [-0.39, 0.29) is 11.8 Å². The van der Waals surface area contributed by atoms with Crippen LogP contribution in [0, 0.1) is 5.92 Å². The Morgan fingerprint density at radius 1 is 1.62 bits per heavy atom. The highest BCUT2D eigenvalue weighted by molar-refractivity contribution is 5.77. The molecule has 1 atom stereocenters. The Morgan fingerprint density at radius 2 is 2.44 bits per heavy atom. The van der Waals surface area contributed by atoms with Crippen molar-refractivity contribution in [2.45, 2.75) is 13.0 Å². The second-order valence-corrected chi connectivity index (χ2v) is 4.21. The fourth-order valence-electron chi connectivity index (χ4n) is 2.06. The minimum absolute atomic E-state index is 0.000755. The largest absolute Gasteiger partial charge is 0.384 e. The van der Waals surface area contributed by atoms with Crippen molar-refractivity contribution in [3.05, 3.63) is 23.9 Å². The number of aromatic nitrogens is 1. The number of primary amides is 1. The summed E-state index contributed by atoms with van der Waals surface area (Å²) in [4.78, 5) is 17.2. The van der Waals surface area contributed by atoms with Crippen molar-refractivity contribution in [3.8, 4) is 0 Å². The molecule has 1 aliphatic heterocycles. The number of nitrogens with two attached hydrogens (primary N) is 2. The first kappa shape index (κ1) is 10.9. The van der Waals surface area contributed by atoms with Gasteiger partial charge in [-0.15, -0.1) is 0 Å². The van der Waals surface area contributed by atoms with Crippen molar-refractivity contribution in [1.29, 1.82) is 0 Å². The smallest absolute Gasteiger partial charge is 0.221 e. The Bertz CT molecular complexity index is 393. The average molecular weight is 220 g/mol. The molecule has 0 spiro atoms. The van der Waals surface area contributed by atoms with E-state index in [1.807, 2.05) is 12.1 Å². The Hall–Kier alpha value is -1.62. The van der Waals surface area contributed by atoms with Crippen LogP contribution in [0.15, 0.2) is 18.3 Å². The highest BCUT2D eigenvalue weighted by Crippen LogP contribution is 2.18. The van der Waals surface area contributed by atoms with E-state index in [9.17, 15) is 4.79 Å². The molecule has 1 fully saturated rings. The van der Waals surface area contributed by atoms with Crippen LogP contribution in [0.1, 0.15) is 12.0 Å². The van der Waals surface area contributed by atoms with Gasteiger partial charge in [0.2, 0.25) is 5.91 Å². The van der Waals surface area contributed by atoms with Crippen LogP contribution in [-0.2, 0) is 11.3 Å². The van der Waals surface area contributed by atoms with Gasteiger partial charge in [-0.05, 0) is 30.7 Å². The van der Waals surface area contributed by atoms with Crippen molar-refractivity contribution in [1.82, 2.24) is 9.88 Å². The van der Waals surface area contributed by atoms with Gasteiger partial charge in [0.15, 0.2) is 0 Å². The third-order valence-corrected chi connectivity index (χ3v) is 2.93. The van der Waals surface area contributed by atoms with Crippen molar-refractivity contribution in [3.63, 3.8) is 0 Å². The molecule has 0 aliphatic carbocycles. The summed E-state index contributed by atoms with van der Waals surface area (Å²) in [6.07, 6.45) is 2.56. The van der Waals surface area contributed by atoms with Crippen LogP contribution < -0.4 is 11.5 Å². The van der Waals surface area contributed by atoms with Crippen LogP contribution >= 0.6 is 0 Å². The number of hydrogen-bond donors (Lipinski definition) is 2. The van der Waals surface area contributed by atoms with Crippen molar-refractivity contribution in [2.75, 3.05) is 18.8 Å². The number of amides is 1. The summed E-state index contributed by atoms with van der Waals surface area (Å²) in [7, 11) is 0. The van der Waals surface area contributed by atoms with Crippen LogP contribution in [0.25, 0.3) is 0 Å². The predicted octanol–water partition coefficient (Wildman–Crippen LogP) is -0.0290. The predicted molar refractivity (Wildman–Crippen MR) is 61.2 cm³/mol. The van der Waals surface area contributed by atoms with E-state index in [2.05, 4.69) is 9.88 Å². The van der Waals surface area contributed by atoms with Gasteiger partial charge in [0, 0.05) is 19.3 Å². The first-order chi connectivity index (χ1) is 7.65. The molecule has 1 aliphatic rings. The van der Waals surface area contributed by atoms with Gasteiger partial charge in [-0.25, -0.2) is 4.98 Å². The lowest BCUT2D eigenvalue weighted by Crippen LogP contribution is -2.27. The highest BCUT2D eigenvalue weighted by Gasteiger charge is 2.26. The summed E-state index contributed by atoms with van der Waals surface area (Å²) in [5.74, 6) is 0.332. The fourth-order valence-corrected chi connectivity index (χ4v) is 2.06. The molecule has 0 bridgehead atoms. The Morgan fingerprint density at radius 3 is 3.06 bits per heavy atom. The molecule has 5 heteroatoms. The van der Waals surface area contributed by atoms with Gasteiger partial charge in [-0.1, -0.05) is 0 Å². The molecule has 1 unspecified atom stereocenters. The minimum atomic E-state index is -0.197. The number of rotatable bonds is 3. The molecular weight excluding hydrogens is 204 g/mol. The van der Waals surface area contributed by atoms with Crippen LogP contribution in [0.2, 0.25) is 0 Å². The number of hydrogen-bond acceptors (Lipinski definition) is 4. The van der Waals surface area contributed by atoms with Gasteiger partial charge in [0.25, 0.3) is 0 Å². The SMILES string of the molecule is NC(=O)C1CCN(Cc2ccnc(N)c2)C1. The average Bonchev–Trinajstić information content (AvgIpc) is 2.66. The number of carbonyl (C=O) groups is 1. The van der Waals surface area contributed by atoms with Gasteiger partial charge in [-0.3, -0.25) is 9.69 Å². The number of nitrogens with zero attached hydrogens (tertiary/aromatic N) is 2. The van der Waals surface area contributed by atoms with E-state index in [1.54, 1.807) is 6.20 Å². The summed E-state index contributed by atoms with van der Waals surface area (Å²) >= 11 is 0. The molecule has 0 saturated carbocycles. The van der Waals surface area contributed by atoms with Crippen molar-refractivity contribution in [2.24, 2.45) is 11.7 Å². The Kier molecular flexibility index (Phi) is 3.05. The molecular formula is C11H16N4O. The first-order valence-electron chi connectivity index (χ1n) is 5.37. The summed E-state index contributed by atoms with van der Waals surface area (Å²) in [6, 6.07) is 3.80. The van der Waals surface area contributed by atoms with E-state index >= 15 is 0 Å². The molecule has 2 rings (SSSR count). The van der Waals surface area contributed by atoms with Gasteiger partial charge in [0.1, 0.15) is 5.82 Å². The third kappa shape index (κ3) is 2.49. The Labute approximate surface area is 94.4 Å². The number of anilines is 1. The van der Waals surface area contributed by atoms with Crippen LogP contribution in [-0.4, -0.2) is 28.9 Å². The van der Waals surface area contributed by atoms with E-state index in [1.165, 1.54) is 0 Å². The van der Waals surface area contributed by atoms with Gasteiger partial charge >= 0.3 is 0 Å². The lowest BCUT2D eigenvalue weighted by atomic mass is 10.1. The maximum atomic E-state index is 11.0. The molecule has 1 saturated heterocycles. The van der Waals surface area contributed by atoms with Crippen LogP contribution in [0.3, 0.4) is 0 Å². The standard InChI is InChI=1S/C11H16N4O/c12-10-5-8(1-3-14-10)6-15-4-2-9(7-15)11(13)16/h1,3,5,9H,2,4,6-7H2,(H2,12,14)(H2,13,16). The summed E-state index contributed by atoms with van der Waals surface area (Å²) in [6.45, 7) is 2.46. The molecule has 4 N–H and O–H groups in total. The van der Waals surface area contributed by atoms with E-state index < -0.39 is 0 Å². The fraction of sp³-hybridized carbons (Fsp3) is 0.455. The number of nitrogen functional groups attached to an aromatic ring is 1.